The van der Waals surface area contributed by atoms with Crippen LogP contribution in [0.3, 0.4) is 0 Å². The molecular weight excluding hydrogens is 311 g/mol. The van der Waals surface area contributed by atoms with Gasteiger partial charge in [-0.1, -0.05) is 6.07 Å². The van der Waals surface area contributed by atoms with Crippen molar-refractivity contribution in [3.8, 4) is 0 Å². The SMILES string of the molecule is CC1(C)CN(c2cccc(I)c2)CCCN1. The van der Waals surface area contributed by atoms with E-state index in [4.69, 9.17) is 0 Å². The topological polar surface area (TPSA) is 15.3 Å². The molecular formula is C13H19IN2. The summed E-state index contributed by atoms with van der Waals surface area (Å²) in [5.74, 6) is 0. The first kappa shape index (κ1) is 12.2. The van der Waals surface area contributed by atoms with E-state index >= 15 is 0 Å². The molecule has 1 fully saturated rings. The molecule has 3 heteroatoms. The Morgan fingerprint density at radius 3 is 2.94 bits per heavy atom. The van der Waals surface area contributed by atoms with Crippen LogP contribution < -0.4 is 10.2 Å². The molecule has 0 aliphatic carbocycles. The van der Waals surface area contributed by atoms with Crippen LogP contribution in [0.5, 0.6) is 0 Å². The highest BCUT2D eigenvalue weighted by atomic mass is 127. The summed E-state index contributed by atoms with van der Waals surface area (Å²) in [4.78, 5) is 2.49. The molecule has 1 saturated heterocycles. The van der Waals surface area contributed by atoms with Gasteiger partial charge in [-0.3, -0.25) is 0 Å². The molecule has 0 atom stereocenters. The van der Waals surface area contributed by atoms with Crippen LogP contribution in [0.25, 0.3) is 0 Å². The minimum atomic E-state index is 0.206. The molecule has 0 radical (unpaired) electrons. The number of rotatable bonds is 1. The predicted molar refractivity (Wildman–Crippen MR) is 78.1 cm³/mol. The lowest BCUT2D eigenvalue weighted by Crippen LogP contribution is -2.46. The number of nitrogens with one attached hydrogen (secondary N) is 1. The Kier molecular flexibility index (Phi) is 3.74. The van der Waals surface area contributed by atoms with Crippen LogP contribution in [-0.4, -0.2) is 25.2 Å². The summed E-state index contributed by atoms with van der Waals surface area (Å²) < 4.78 is 1.31. The molecule has 1 aliphatic heterocycles. The number of hydrogen-bond acceptors (Lipinski definition) is 2. The maximum Gasteiger partial charge on any atom is 0.0377 e. The van der Waals surface area contributed by atoms with Gasteiger partial charge in [0.1, 0.15) is 0 Å². The van der Waals surface area contributed by atoms with Crippen molar-refractivity contribution in [1.29, 1.82) is 0 Å². The van der Waals surface area contributed by atoms with Gasteiger partial charge in [0, 0.05) is 27.9 Å². The number of nitrogens with zero attached hydrogens (tertiary/aromatic N) is 1. The van der Waals surface area contributed by atoms with Gasteiger partial charge in [-0.25, -0.2) is 0 Å². The van der Waals surface area contributed by atoms with Crippen LogP contribution in [0.4, 0.5) is 5.69 Å². The molecule has 0 bridgehead atoms. The Balaban J connectivity index is 2.19. The van der Waals surface area contributed by atoms with Crippen LogP contribution in [0.1, 0.15) is 20.3 Å². The number of hydrogen-bond donors (Lipinski definition) is 1. The van der Waals surface area contributed by atoms with Gasteiger partial charge >= 0.3 is 0 Å². The Labute approximate surface area is 112 Å². The maximum absolute atomic E-state index is 3.59. The first-order valence-electron chi connectivity index (χ1n) is 5.82. The van der Waals surface area contributed by atoms with Gasteiger partial charge in [-0.15, -0.1) is 0 Å². The normalized spacial score (nSPS) is 20.6. The maximum atomic E-state index is 3.59. The van der Waals surface area contributed by atoms with E-state index in [9.17, 15) is 0 Å². The van der Waals surface area contributed by atoms with E-state index in [0.717, 1.165) is 19.6 Å². The minimum absolute atomic E-state index is 0.206. The second-order valence-electron chi connectivity index (χ2n) is 5.07. The molecule has 0 unspecified atom stereocenters. The lowest BCUT2D eigenvalue weighted by atomic mass is 10.1. The zero-order valence-corrected chi connectivity index (χ0v) is 12.1. The number of benzene rings is 1. The molecule has 16 heavy (non-hydrogen) atoms. The zero-order valence-electron chi connectivity index (χ0n) is 9.96. The Bertz CT molecular complexity index is 363. The summed E-state index contributed by atoms with van der Waals surface area (Å²) in [6.07, 6.45) is 1.22. The number of anilines is 1. The molecule has 1 aromatic carbocycles. The zero-order chi connectivity index (χ0) is 11.6. The van der Waals surface area contributed by atoms with Crippen LogP contribution in [0.2, 0.25) is 0 Å². The van der Waals surface area contributed by atoms with E-state index in [1.807, 2.05) is 0 Å². The van der Waals surface area contributed by atoms with Gasteiger partial charge in [0.05, 0.1) is 0 Å². The van der Waals surface area contributed by atoms with Gasteiger partial charge in [0.25, 0.3) is 0 Å². The summed E-state index contributed by atoms with van der Waals surface area (Å²) in [5.41, 5.74) is 1.56. The van der Waals surface area contributed by atoms with E-state index in [2.05, 4.69) is 70.9 Å². The molecule has 0 saturated carbocycles. The fourth-order valence-corrected chi connectivity index (χ4v) is 2.73. The van der Waals surface area contributed by atoms with E-state index in [0.29, 0.717) is 0 Å². The smallest absolute Gasteiger partial charge is 0.0377 e. The highest BCUT2D eigenvalue weighted by molar-refractivity contribution is 14.1. The first-order chi connectivity index (χ1) is 7.57. The first-order valence-corrected chi connectivity index (χ1v) is 6.90. The van der Waals surface area contributed by atoms with Crippen LogP contribution in [0.15, 0.2) is 24.3 Å². The standard InChI is InChI=1S/C13H19IN2/c1-13(2)10-16(8-4-7-15-13)12-6-3-5-11(14)9-12/h3,5-6,9,15H,4,7-8,10H2,1-2H3. The molecule has 2 rings (SSSR count). The molecule has 1 aromatic rings. The van der Waals surface area contributed by atoms with Crippen molar-refractivity contribution < 1.29 is 0 Å². The Morgan fingerprint density at radius 2 is 2.19 bits per heavy atom. The summed E-state index contributed by atoms with van der Waals surface area (Å²) in [6.45, 7) is 7.90. The van der Waals surface area contributed by atoms with E-state index < -0.39 is 0 Å². The van der Waals surface area contributed by atoms with Crippen LogP contribution in [0, 0.1) is 3.57 Å². The molecule has 1 heterocycles. The Hall–Kier alpha value is -0.290. The lowest BCUT2D eigenvalue weighted by Gasteiger charge is -2.31. The average molecular weight is 330 g/mol. The summed E-state index contributed by atoms with van der Waals surface area (Å²) in [7, 11) is 0. The molecule has 2 nitrogen and oxygen atoms in total. The van der Waals surface area contributed by atoms with Crippen molar-refractivity contribution in [3.05, 3.63) is 27.8 Å². The van der Waals surface area contributed by atoms with Gasteiger partial charge in [-0.05, 0) is 67.6 Å². The van der Waals surface area contributed by atoms with E-state index in [1.165, 1.54) is 15.7 Å². The van der Waals surface area contributed by atoms with Crippen molar-refractivity contribution in [2.75, 3.05) is 24.5 Å². The minimum Gasteiger partial charge on any atom is -0.370 e. The Morgan fingerprint density at radius 1 is 1.38 bits per heavy atom. The highest BCUT2D eigenvalue weighted by Gasteiger charge is 2.23. The number of halogens is 1. The molecule has 88 valence electrons. The molecule has 1 aliphatic rings. The molecule has 1 N–H and O–H groups in total. The largest absolute Gasteiger partial charge is 0.370 e. The molecule has 0 amide bonds. The quantitative estimate of drug-likeness (QED) is 0.797. The second kappa shape index (κ2) is 4.92. The van der Waals surface area contributed by atoms with Crippen LogP contribution >= 0.6 is 22.6 Å². The lowest BCUT2D eigenvalue weighted by molar-refractivity contribution is 0.416. The summed E-state index contributed by atoms with van der Waals surface area (Å²) in [6, 6.07) is 8.76. The van der Waals surface area contributed by atoms with Crippen molar-refractivity contribution in [3.63, 3.8) is 0 Å². The van der Waals surface area contributed by atoms with Crippen molar-refractivity contribution in [1.82, 2.24) is 5.32 Å². The van der Waals surface area contributed by atoms with Gasteiger partial charge in [0.15, 0.2) is 0 Å². The van der Waals surface area contributed by atoms with Crippen molar-refractivity contribution >= 4 is 28.3 Å². The van der Waals surface area contributed by atoms with Gasteiger partial charge in [-0.2, -0.15) is 0 Å². The fourth-order valence-electron chi connectivity index (χ4n) is 2.20. The van der Waals surface area contributed by atoms with Gasteiger partial charge < -0.3 is 10.2 Å². The fraction of sp³-hybridized carbons (Fsp3) is 0.538. The molecule has 0 aromatic heterocycles. The monoisotopic (exact) mass is 330 g/mol. The predicted octanol–water partition coefficient (Wildman–Crippen LogP) is 2.87. The summed E-state index contributed by atoms with van der Waals surface area (Å²) >= 11 is 2.38. The second-order valence-corrected chi connectivity index (χ2v) is 6.31. The highest BCUT2D eigenvalue weighted by Crippen LogP contribution is 2.21. The third kappa shape index (κ3) is 3.10. The van der Waals surface area contributed by atoms with Gasteiger partial charge in [0.2, 0.25) is 0 Å². The van der Waals surface area contributed by atoms with E-state index in [1.54, 1.807) is 0 Å². The van der Waals surface area contributed by atoms with Crippen molar-refractivity contribution in [2.24, 2.45) is 0 Å². The summed E-state index contributed by atoms with van der Waals surface area (Å²) in [5, 5.41) is 3.59. The average Bonchev–Trinajstić information content (AvgIpc) is 2.39. The third-order valence-electron chi connectivity index (χ3n) is 2.97. The van der Waals surface area contributed by atoms with Crippen molar-refractivity contribution in [2.45, 2.75) is 25.8 Å². The van der Waals surface area contributed by atoms with Crippen LogP contribution in [-0.2, 0) is 0 Å². The third-order valence-corrected chi connectivity index (χ3v) is 3.64. The molecule has 0 spiro atoms. The van der Waals surface area contributed by atoms with E-state index in [-0.39, 0.29) is 5.54 Å².